The van der Waals surface area contributed by atoms with E-state index < -0.39 is 0 Å². The van der Waals surface area contributed by atoms with Crippen LogP contribution in [-0.2, 0) is 17.1 Å². The fourth-order valence-electron chi connectivity index (χ4n) is 0.340. The van der Waals surface area contributed by atoms with Gasteiger partial charge in [0.1, 0.15) is 0 Å². The van der Waals surface area contributed by atoms with Crippen molar-refractivity contribution in [2.75, 3.05) is 0 Å². The van der Waals surface area contributed by atoms with Gasteiger partial charge in [0, 0.05) is 20.8 Å². The van der Waals surface area contributed by atoms with Crippen LogP contribution in [0, 0.1) is 12.6 Å². The Morgan fingerprint density at radius 1 is 1.42 bits per heavy atom. The van der Waals surface area contributed by atoms with Crippen molar-refractivity contribution < 1.29 is 17.1 Å². The maximum Gasteiger partial charge on any atom is 1.00 e. The van der Waals surface area contributed by atoms with Crippen LogP contribution in [0.25, 0.3) is 4.85 Å². The van der Waals surface area contributed by atoms with Gasteiger partial charge in [0.05, 0.1) is 0 Å². The summed E-state index contributed by atoms with van der Waals surface area (Å²) in [6.07, 6.45) is 10.0. The number of allylic oxidation sites excluding steroid dienone is 4. The van der Waals surface area contributed by atoms with Crippen molar-refractivity contribution in [1.29, 1.82) is 0 Å². The topological polar surface area (TPSA) is 4.36 Å². The molecule has 0 saturated heterocycles. The largest absolute Gasteiger partial charge is 1.00 e. The molecule has 1 aliphatic carbocycles. The molecule has 2 heteroatoms. The van der Waals surface area contributed by atoms with E-state index in [0.29, 0.717) is 0 Å². The summed E-state index contributed by atoms with van der Waals surface area (Å²) in [4.78, 5) is 3.27. The van der Waals surface area contributed by atoms with E-state index >= 15 is 0 Å². The number of hydrogen-bond acceptors (Lipinski definition) is 0. The Morgan fingerprint density at radius 3 is 2.00 bits per heavy atom. The standard InChI is InChI=1S/C5H9N.C5H5.Cu/c1-5(2,3)6-4;1-2-4-5-3-1;/h1-3H3;1-3H,4H2;/q;-1;+1. The summed E-state index contributed by atoms with van der Waals surface area (Å²) in [7, 11) is 0. The Labute approximate surface area is 85.8 Å². The van der Waals surface area contributed by atoms with Crippen LogP contribution in [0.3, 0.4) is 0 Å². The summed E-state index contributed by atoms with van der Waals surface area (Å²) in [5.41, 5.74) is -0.167. The summed E-state index contributed by atoms with van der Waals surface area (Å²) in [6.45, 7) is 12.1. The van der Waals surface area contributed by atoms with E-state index in [4.69, 9.17) is 6.57 Å². The molecule has 0 N–H and O–H groups in total. The van der Waals surface area contributed by atoms with E-state index in [0.717, 1.165) is 6.42 Å². The van der Waals surface area contributed by atoms with E-state index in [9.17, 15) is 0 Å². The number of rotatable bonds is 0. The first kappa shape index (κ1) is 14.0. The average Bonchev–Trinajstić information content (AvgIpc) is 2.41. The van der Waals surface area contributed by atoms with Gasteiger partial charge in [-0.3, -0.25) is 6.08 Å². The molecule has 0 heterocycles. The molecule has 0 spiro atoms. The molecule has 0 saturated carbocycles. The third-order valence-electron chi connectivity index (χ3n) is 0.921. The monoisotopic (exact) mass is 211 g/mol. The molecular weight excluding hydrogens is 198 g/mol. The molecule has 0 aromatic carbocycles. The summed E-state index contributed by atoms with van der Waals surface area (Å²) in [5, 5.41) is 0. The molecule has 1 nitrogen and oxygen atoms in total. The van der Waals surface area contributed by atoms with E-state index in [1.807, 2.05) is 32.9 Å². The normalized spacial score (nSPS) is 12.5. The summed E-state index contributed by atoms with van der Waals surface area (Å²) >= 11 is 0. The fourth-order valence-corrected chi connectivity index (χ4v) is 0.340. The molecule has 70 valence electrons. The molecule has 0 radical (unpaired) electrons. The van der Waals surface area contributed by atoms with Gasteiger partial charge in [-0.2, -0.15) is 6.08 Å². The molecule has 0 aromatic heterocycles. The van der Waals surface area contributed by atoms with Crippen LogP contribution < -0.4 is 0 Å². The SMILES string of the molecule is [C-]#[N+]C(C)(C)C.[C-]1=CC=CC1.[Cu+]. The van der Waals surface area contributed by atoms with Crippen LogP contribution in [0.2, 0.25) is 0 Å². The Kier molecular flexibility index (Phi) is 8.37. The molecule has 1 aliphatic rings. The van der Waals surface area contributed by atoms with Crippen LogP contribution in [0.4, 0.5) is 0 Å². The van der Waals surface area contributed by atoms with Gasteiger partial charge in [0.15, 0.2) is 0 Å². The molecule has 0 fully saturated rings. The predicted molar refractivity (Wildman–Crippen MR) is 47.9 cm³/mol. The van der Waals surface area contributed by atoms with Gasteiger partial charge in [-0.25, -0.2) is 18.7 Å². The number of hydrogen-bond donors (Lipinski definition) is 0. The van der Waals surface area contributed by atoms with Crippen molar-refractivity contribution >= 4 is 0 Å². The minimum Gasteiger partial charge on any atom is -0.311 e. The van der Waals surface area contributed by atoms with E-state index in [1.54, 1.807) is 0 Å². The molecule has 0 aromatic rings. The van der Waals surface area contributed by atoms with Crippen molar-refractivity contribution in [3.8, 4) is 0 Å². The van der Waals surface area contributed by atoms with Gasteiger partial charge < -0.3 is 4.85 Å². The quantitative estimate of drug-likeness (QED) is 0.429. The maximum atomic E-state index is 6.48. The second-order valence-electron chi connectivity index (χ2n) is 3.29. The zero-order valence-corrected chi connectivity index (χ0v) is 8.63. The predicted octanol–water partition coefficient (Wildman–Crippen LogP) is 3.01. The zero-order chi connectivity index (χ0) is 8.74. The summed E-state index contributed by atoms with van der Waals surface area (Å²) in [5.74, 6) is 0. The fraction of sp³-hybridized carbons (Fsp3) is 0.500. The smallest absolute Gasteiger partial charge is 0.311 e. The van der Waals surface area contributed by atoms with Crippen molar-refractivity contribution in [2.45, 2.75) is 32.7 Å². The molecule has 0 unspecified atom stereocenters. The van der Waals surface area contributed by atoms with Gasteiger partial charge in [0.2, 0.25) is 5.54 Å². The number of nitrogens with zero attached hydrogens (tertiary/aromatic N) is 1. The van der Waals surface area contributed by atoms with Gasteiger partial charge in [-0.15, -0.1) is 6.42 Å². The Morgan fingerprint density at radius 2 is 1.92 bits per heavy atom. The zero-order valence-electron chi connectivity index (χ0n) is 7.69. The van der Waals surface area contributed by atoms with Crippen LogP contribution >= 0.6 is 0 Å². The second-order valence-corrected chi connectivity index (χ2v) is 3.29. The first-order chi connectivity index (χ1) is 5.06. The molecule has 0 amide bonds. The van der Waals surface area contributed by atoms with E-state index in [2.05, 4.69) is 17.0 Å². The first-order valence-corrected chi connectivity index (χ1v) is 3.66. The van der Waals surface area contributed by atoms with E-state index in [1.165, 1.54) is 0 Å². The molecule has 12 heavy (non-hydrogen) atoms. The van der Waals surface area contributed by atoms with Gasteiger partial charge in [-0.1, -0.05) is 0 Å². The Hall–Kier alpha value is -0.511. The molecule has 1 rings (SSSR count). The van der Waals surface area contributed by atoms with Gasteiger partial charge >= 0.3 is 17.1 Å². The van der Waals surface area contributed by atoms with Crippen molar-refractivity contribution in [3.05, 3.63) is 35.7 Å². The van der Waals surface area contributed by atoms with Gasteiger partial charge in [0.25, 0.3) is 0 Å². The maximum absolute atomic E-state index is 6.48. The summed E-state index contributed by atoms with van der Waals surface area (Å²) in [6, 6.07) is 0. The van der Waals surface area contributed by atoms with Crippen molar-refractivity contribution in [2.24, 2.45) is 0 Å². The van der Waals surface area contributed by atoms with Gasteiger partial charge in [-0.05, 0) is 0 Å². The molecule has 0 aliphatic heterocycles. The Bertz CT molecular complexity index is 181. The Balaban J connectivity index is 0. The first-order valence-electron chi connectivity index (χ1n) is 3.66. The minimum atomic E-state index is -0.167. The second kappa shape index (κ2) is 7.16. The minimum absolute atomic E-state index is 0. The van der Waals surface area contributed by atoms with Crippen molar-refractivity contribution in [1.82, 2.24) is 0 Å². The van der Waals surface area contributed by atoms with Crippen LogP contribution in [0.15, 0.2) is 18.2 Å². The third-order valence-corrected chi connectivity index (χ3v) is 0.921. The molecule has 0 atom stereocenters. The van der Waals surface area contributed by atoms with Crippen LogP contribution in [0.1, 0.15) is 27.2 Å². The average molecular weight is 212 g/mol. The van der Waals surface area contributed by atoms with E-state index in [-0.39, 0.29) is 22.6 Å². The molecule has 0 bridgehead atoms. The van der Waals surface area contributed by atoms with Crippen molar-refractivity contribution in [3.63, 3.8) is 0 Å². The summed E-state index contributed by atoms with van der Waals surface area (Å²) < 4.78 is 0. The molecular formula is C10H14CuN. The van der Waals surface area contributed by atoms with Crippen LogP contribution in [0.5, 0.6) is 0 Å². The third kappa shape index (κ3) is 12.2. The van der Waals surface area contributed by atoms with Crippen LogP contribution in [-0.4, -0.2) is 5.54 Å².